The summed E-state index contributed by atoms with van der Waals surface area (Å²) in [6, 6.07) is 0. The van der Waals surface area contributed by atoms with Crippen molar-refractivity contribution in [1.29, 1.82) is 0 Å². The highest BCUT2D eigenvalue weighted by Gasteiger charge is 2.00. The van der Waals surface area contributed by atoms with Crippen LogP contribution in [0.4, 0.5) is 5.95 Å². The van der Waals surface area contributed by atoms with E-state index in [4.69, 9.17) is 0 Å². The van der Waals surface area contributed by atoms with Crippen LogP contribution in [0.5, 0.6) is 0 Å². The Bertz CT molecular complexity index is 522. The highest BCUT2D eigenvalue weighted by molar-refractivity contribution is 5.69. The van der Waals surface area contributed by atoms with E-state index in [2.05, 4.69) is 32.2 Å². The van der Waals surface area contributed by atoms with E-state index in [1.54, 1.807) is 12.5 Å². The summed E-state index contributed by atoms with van der Waals surface area (Å²) in [6.45, 7) is 3.21. The monoisotopic (exact) mass is 303 g/mol. The van der Waals surface area contributed by atoms with Crippen molar-refractivity contribution in [2.45, 2.75) is 71.1 Å². The lowest BCUT2D eigenvalue weighted by Crippen LogP contribution is -2.05. The number of nitrogens with zero attached hydrogens (tertiary/aromatic N) is 3. The molecule has 2 N–H and O–H groups in total. The fourth-order valence-electron chi connectivity index (χ4n) is 2.63. The first-order valence-corrected chi connectivity index (χ1v) is 8.80. The van der Waals surface area contributed by atoms with Gasteiger partial charge in [0.2, 0.25) is 5.95 Å². The summed E-state index contributed by atoms with van der Waals surface area (Å²) < 4.78 is 0. The molecule has 0 fully saturated rings. The fraction of sp³-hybridized carbons (Fsp3) is 0.706. The van der Waals surface area contributed by atoms with Gasteiger partial charge in [-0.3, -0.25) is 0 Å². The van der Waals surface area contributed by atoms with Gasteiger partial charge in [0.15, 0.2) is 5.65 Å². The van der Waals surface area contributed by atoms with Gasteiger partial charge in [-0.25, -0.2) is 9.97 Å². The van der Waals surface area contributed by atoms with Gasteiger partial charge in [0.05, 0.1) is 12.5 Å². The van der Waals surface area contributed by atoms with Gasteiger partial charge in [-0.15, -0.1) is 0 Å². The van der Waals surface area contributed by atoms with E-state index in [1.165, 1.54) is 64.2 Å². The van der Waals surface area contributed by atoms with Crippen LogP contribution in [-0.2, 0) is 0 Å². The summed E-state index contributed by atoms with van der Waals surface area (Å²) in [5.74, 6) is 0.676. The van der Waals surface area contributed by atoms with Crippen molar-refractivity contribution in [2.75, 3.05) is 11.9 Å². The Morgan fingerprint density at radius 1 is 0.909 bits per heavy atom. The van der Waals surface area contributed by atoms with Gasteiger partial charge in [-0.1, -0.05) is 64.7 Å². The maximum atomic E-state index is 4.35. The number of fused-ring (bicyclic) bond motifs is 1. The topological polar surface area (TPSA) is 66.5 Å². The Morgan fingerprint density at radius 3 is 2.32 bits per heavy atom. The lowest BCUT2D eigenvalue weighted by Gasteiger charge is -2.04. The molecule has 122 valence electrons. The highest BCUT2D eigenvalue weighted by Crippen LogP contribution is 2.11. The van der Waals surface area contributed by atoms with Crippen LogP contribution in [0, 0.1) is 0 Å². The summed E-state index contributed by atoms with van der Waals surface area (Å²) >= 11 is 0. The molecule has 5 heteroatoms. The van der Waals surface area contributed by atoms with Crippen molar-refractivity contribution >= 4 is 17.1 Å². The molecule has 0 spiro atoms. The van der Waals surface area contributed by atoms with Crippen molar-refractivity contribution < 1.29 is 0 Å². The maximum absolute atomic E-state index is 4.35. The molecule has 0 unspecified atom stereocenters. The lowest BCUT2D eigenvalue weighted by atomic mass is 10.1. The average molecular weight is 303 g/mol. The van der Waals surface area contributed by atoms with Crippen molar-refractivity contribution in [3.05, 3.63) is 12.5 Å². The normalized spacial score (nSPS) is 11.1. The summed E-state index contributed by atoms with van der Waals surface area (Å²) in [6.07, 6.45) is 17.0. The zero-order chi connectivity index (χ0) is 15.5. The molecule has 2 heterocycles. The van der Waals surface area contributed by atoms with Gasteiger partial charge in [-0.2, -0.15) is 4.98 Å². The van der Waals surface area contributed by atoms with Crippen LogP contribution < -0.4 is 5.32 Å². The quantitative estimate of drug-likeness (QED) is 0.558. The number of imidazole rings is 1. The predicted molar refractivity (Wildman–Crippen MR) is 92.0 cm³/mol. The van der Waals surface area contributed by atoms with E-state index in [1.807, 2.05) is 0 Å². The minimum atomic E-state index is 0.676. The third kappa shape index (κ3) is 6.00. The first kappa shape index (κ1) is 16.7. The number of hydrogen-bond donors (Lipinski definition) is 2. The van der Waals surface area contributed by atoms with E-state index < -0.39 is 0 Å². The average Bonchev–Trinajstić information content (AvgIpc) is 3.00. The van der Waals surface area contributed by atoms with E-state index in [9.17, 15) is 0 Å². The first-order chi connectivity index (χ1) is 10.9. The summed E-state index contributed by atoms with van der Waals surface area (Å²) in [7, 11) is 0. The maximum Gasteiger partial charge on any atom is 0.224 e. The molecule has 0 saturated carbocycles. The lowest BCUT2D eigenvalue weighted by molar-refractivity contribution is 0.559. The Kier molecular flexibility index (Phi) is 7.70. The van der Waals surface area contributed by atoms with Gasteiger partial charge in [-0.05, 0) is 6.42 Å². The van der Waals surface area contributed by atoms with Crippen molar-refractivity contribution in [3.63, 3.8) is 0 Å². The molecule has 0 aromatic carbocycles. The second-order valence-corrected chi connectivity index (χ2v) is 5.94. The number of unbranched alkanes of at least 4 members (excludes halogenated alkanes) is 9. The van der Waals surface area contributed by atoms with Crippen LogP contribution in [0.15, 0.2) is 12.5 Å². The molecule has 22 heavy (non-hydrogen) atoms. The molecule has 0 saturated heterocycles. The number of hydrogen-bond acceptors (Lipinski definition) is 4. The van der Waals surface area contributed by atoms with Crippen molar-refractivity contribution in [3.8, 4) is 0 Å². The number of rotatable bonds is 12. The summed E-state index contributed by atoms with van der Waals surface area (Å²) in [4.78, 5) is 15.8. The van der Waals surface area contributed by atoms with Gasteiger partial charge in [0.1, 0.15) is 5.52 Å². The standard InChI is InChI=1S/C17H29N5/c1-2-3-4-5-6-7-8-9-10-11-12-18-17-19-13-15-16(22-17)21-14-20-15/h13-14H,2-12H2,1H3,(H2,18,19,20,21,22). The number of anilines is 1. The smallest absolute Gasteiger partial charge is 0.224 e. The molecule has 2 aromatic heterocycles. The van der Waals surface area contributed by atoms with Crippen LogP contribution in [-0.4, -0.2) is 26.5 Å². The minimum absolute atomic E-state index is 0.676. The zero-order valence-electron chi connectivity index (χ0n) is 13.8. The summed E-state index contributed by atoms with van der Waals surface area (Å²) in [5, 5.41) is 3.28. The first-order valence-electron chi connectivity index (χ1n) is 8.80. The molecule has 0 aliphatic carbocycles. The Hall–Kier alpha value is -1.65. The van der Waals surface area contributed by atoms with Crippen molar-refractivity contribution in [1.82, 2.24) is 19.9 Å². The molecule has 2 aromatic rings. The molecular formula is C17H29N5. The third-order valence-electron chi connectivity index (χ3n) is 3.99. The summed E-state index contributed by atoms with van der Waals surface area (Å²) in [5.41, 5.74) is 1.60. The zero-order valence-corrected chi connectivity index (χ0v) is 13.8. The molecule has 0 aliphatic heterocycles. The van der Waals surface area contributed by atoms with E-state index in [0.29, 0.717) is 5.95 Å². The second kappa shape index (κ2) is 10.1. The number of nitrogens with one attached hydrogen (secondary N) is 2. The van der Waals surface area contributed by atoms with Crippen molar-refractivity contribution in [2.24, 2.45) is 0 Å². The third-order valence-corrected chi connectivity index (χ3v) is 3.99. The van der Waals surface area contributed by atoms with E-state index in [-0.39, 0.29) is 0 Å². The minimum Gasteiger partial charge on any atom is -0.354 e. The van der Waals surface area contributed by atoms with Gasteiger partial charge in [0, 0.05) is 6.54 Å². The number of aromatic amines is 1. The number of H-pyrrole nitrogens is 1. The highest BCUT2D eigenvalue weighted by atomic mass is 15.1. The Morgan fingerprint density at radius 2 is 1.59 bits per heavy atom. The van der Waals surface area contributed by atoms with Gasteiger partial charge in [0.25, 0.3) is 0 Å². The largest absolute Gasteiger partial charge is 0.354 e. The molecule has 0 amide bonds. The van der Waals surface area contributed by atoms with Crippen LogP contribution in [0.2, 0.25) is 0 Å². The number of aromatic nitrogens is 4. The molecular weight excluding hydrogens is 274 g/mol. The molecule has 2 rings (SSSR count). The predicted octanol–water partition coefficient (Wildman–Crippen LogP) is 4.69. The fourth-order valence-corrected chi connectivity index (χ4v) is 2.63. The van der Waals surface area contributed by atoms with E-state index in [0.717, 1.165) is 17.7 Å². The van der Waals surface area contributed by atoms with Gasteiger partial charge >= 0.3 is 0 Å². The Balaban J connectivity index is 1.45. The molecule has 0 atom stereocenters. The van der Waals surface area contributed by atoms with Crippen LogP contribution >= 0.6 is 0 Å². The molecule has 0 aliphatic rings. The van der Waals surface area contributed by atoms with Gasteiger partial charge < -0.3 is 10.3 Å². The van der Waals surface area contributed by atoms with Crippen LogP contribution in [0.25, 0.3) is 11.2 Å². The Labute approximate surface area is 133 Å². The molecule has 0 radical (unpaired) electrons. The SMILES string of the molecule is CCCCCCCCCCCCNc1ncc2[nH]cnc2n1. The molecule has 5 nitrogen and oxygen atoms in total. The van der Waals surface area contributed by atoms with E-state index >= 15 is 0 Å². The van der Waals surface area contributed by atoms with Crippen LogP contribution in [0.3, 0.4) is 0 Å². The van der Waals surface area contributed by atoms with Crippen LogP contribution in [0.1, 0.15) is 71.1 Å². The molecule has 0 bridgehead atoms. The second-order valence-electron chi connectivity index (χ2n) is 5.94.